The molecule has 0 aliphatic heterocycles. The number of pyridine rings is 1. The van der Waals surface area contributed by atoms with Crippen LogP contribution in [0.1, 0.15) is 64.9 Å². The fourth-order valence-electron chi connectivity index (χ4n) is 3.60. The average Bonchev–Trinajstić information content (AvgIpc) is 3.11. The van der Waals surface area contributed by atoms with Crippen LogP contribution in [0.3, 0.4) is 0 Å². The molecule has 0 unspecified atom stereocenters. The molecule has 0 saturated heterocycles. The van der Waals surface area contributed by atoms with E-state index in [1.165, 1.54) is 61.1 Å². The van der Waals surface area contributed by atoms with Crippen molar-refractivity contribution in [1.82, 2.24) is 20.0 Å². The number of nitrogens with zero attached hydrogens (tertiary/aromatic N) is 4. The quantitative estimate of drug-likeness (QED) is 0.439. The maximum absolute atomic E-state index is 4.73. The molecule has 0 N–H and O–H groups in total. The predicted octanol–water partition coefficient (Wildman–Crippen LogP) is 4.78. The van der Waals surface area contributed by atoms with Crippen LogP contribution in [0.5, 0.6) is 0 Å². The van der Waals surface area contributed by atoms with E-state index < -0.39 is 18.4 Å². The van der Waals surface area contributed by atoms with Gasteiger partial charge in [-0.05, 0) is 0 Å². The Morgan fingerprint density at radius 3 is 2.12 bits per heavy atom. The first-order chi connectivity index (χ1) is 12.2. The molecule has 0 atom stereocenters. The third-order valence-electron chi connectivity index (χ3n) is 5.18. The minimum absolute atomic E-state index is 0.776. The van der Waals surface area contributed by atoms with Crippen LogP contribution in [0.15, 0.2) is 30.7 Å². The van der Waals surface area contributed by atoms with E-state index in [1.807, 2.05) is 23.1 Å². The van der Waals surface area contributed by atoms with E-state index >= 15 is 0 Å². The molecule has 0 saturated carbocycles. The summed E-state index contributed by atoms with van der Waals surface area (Å²) in [5, 5.41) is 9.22. The fraction of sp³-hybridized carbons (Fsp3) is 0.650. The summed E-state index contributed by atoms with van der Waals surface area (Å²) < 4.78 is 7.76. The summed E-state index contributed by atoms with van der Waals surface area (Å²) in [5.74, 6) is 0. The molecule has 5 heteroatoms. The van der Waals surface area contributed by atoms with E-state index in [0.29, 0.717) is 0 Å². The molecule has 0 aromatic carbocycles. The van der Waals surface area contributed by atoms with Crippen molar-refractivity contribution in [1.29, 1.82) is 0 Å². The van der Waals surface area contributed by atoms with Gasteiger partial charge in [0.1, 0.15) is 0 Å². The Morgan fingerprint density at radius 2 is 1.60 bits per heavy atom. The Balaban J connectivity index is 2.22. The number of unbranched alkanes of at least 4 members (excludes halogenated alkanes) is 3. The Bertz CT molecular complexity index is 575. The number of hydrogen-bond acceptors (Lipinski definition) is 3. The molecule has 0 amide bonds. The molecule has 2 aromatic heterocycles. The first-order valence-corrected chi connectivity index (χ1v) is 17.5. The number of hydrogen-bond donors (Lipinski definition) is 0. The molecule has 4 nitrogen and oxygen atoms in total. The standard InChI is InChI=1S/C8H7N4.3C4H9.Sn/c1-2-8(6-9-3-1)7-12-5-4-10-11-12;3*1-3-4-2;/h1-3,5-6H,7H2;3*1,3-4H2,2H3;. The van der Waals surface area contributed by atoms with Crippen LogP contribution in [0, 0.1) is 0 Å². The second-order valence-corrected chi connectivity index (χ2v) is 20.3. The summed E-state index contributed by atoms with van der Waals surface area (Å²) in [7, 11) is 0. The van der Waals surface area contributed by atoms with Crippen molar-refractivity contribution in [3.05, 3.63) is 36.3 Å². The van der Waals surface area contributed by atoms with Gasteiger partial charge in [-0.15, -0.1) is 0 Å². The van der Waals surface area contributed by atoms with Crippen molar-refractivity contribution in [2.75, 3.05) is 0 Å². The molecule has 2 aromatic rings. The van der Waals surface area contributed by atoms with Gasteiger partial charge in [0.15, 0.2) is 0 Å². The first kappa shape index (κ1) is 20.4. The van der Waals surface area contributed by atoms with E-state index in [0.717, 1.165) is 6.54 Å². The third kappa shape index (κ3) is 6.08. The molecule has 0 spiro atoms. The van der Waals surface area contributed by atoms with Crippen LogP contribution in [0.4, 0.5) is 0 Å². The maximum atomic E-state index is 4.73. The van der Waals surface area contributed by atoms with Gasteiger partial charge >= 0.3 is 158 Å². The summed E-state index contributed by atoms with van der Waals surface area (Å²) in [6.45, 7) is 7.72. The van der Waals surface area contributed by atoms with Crippen molar-refractivity contribution in [2.24, 2.45) is 0 Å². The molecule has 2 rings (SSSR count). The van der Waals surface area contributed by atoms with Gasteiger partial charge in [-0.25, -0.2) is 0 Å². The SMILES string of the molecule is CCC[CH2][Sn]([CH2]CCC)([CH2]CCC)[c]1cn(Cc2cccnc2)nn1. The van der Waals surface area contributed by atoms with E-state index in [9.17, 15) is 0 Å². The Labute approximate surface area is 157 Å². The normalized spacial score (nSPS) is 11.8. The van der Waals surface area contributed by atoms with Crippen molar-refractivity contribution in [3.63, 3.8) is 0 Å². The Hall–Kier alpha value is -0.911. The van der Waals surface area contributed by atoms with Gasteiger partial charge in [-0.1, -0.05) is 0 Å². The summed E-state index contributed by atoms with van der Waals surface area (Å²) in [6.07, 6.45) is 14.0. The zero-order chi connectivity index (χ0) is 18.0. The molecule has 0 aliphatic rings. The van der Waals surface area contributed by atoms with Crippen LogP contribution < -0.4 is 3.71 Å². The Morgan fingerprint density at radius 1 is 0.960 bits per heavy atom. The van der Waals surface area contributed by atoms with Gasteiger partial charge in [0.2, 0.25) is 0 Å². The molecular formula is C20H34N4Sn. The number of rotatable bonds is 12. The second-order valence-electron chi connectivity index (χ2n) is 7.25. The molecule has 0 aliphatic carbocycles. The molecule has 25 heavy (non-hydrogen) atoms. The predicted molar refractivity (Wildman–Crippen MR) is 108 cm³/mol. The van der Waals surface area contributed by atoms with Crippen LogP contribution in [0.2, 0.25) is 13.3 Å². The summed E-state index contributed by atoms with van der Waals surface area (Å²) in [4.78, 5) is 4.21. The second kappa shape index (κ2) is 10.9. The zero-order valence-corrected chi connectivity index (χ0v) is 19.1. The Kier molecular flexibility index (Phi) is 8.93. The van der Waals surface area contributed by atoms with Gasteiger partial charge in [0.05, 0.1) is 0 Å². The average molecular weight is 449 g/mol. The van der Waals surface area contributed by atoms with E-state index in [-0.39, 0.29) is 0 Å². The van der Waals surface area contributed by atoms with Crippen molar-refractivity contribution in [3.8, 4) is 0 Å². The topological polar surface area (TPSA) is 43.6 Å². The summed E-state index contributed by atoms with van der Waals surface area (Å²) >= 11 is -2.43. The monoisotopic (exact) mass is 450 g/mol. The van der Waals surface area contributed by atoms with E-state index in [1.54, 1.807) is 0 Å². The van der Waals surface area contributed by atoms with E-state index in [4.69, 9.17) is 5.10 Å². The summed E-state index contributed by atoms with van der Waals surface area (Å²) in [6, 6.07) is 4.09. The van der Waals surface area contributed by atoms with Crippen LogP contribution in [-0.4, -0.2) is 38.4 Å². The van der Waals surface area contributed by atoms with Crippen LogP contribution >= 0.6 is 0 Å². The summed E-state index contributed by atoms with van der Waals surface area (Å²) in [5.41, 5.74) is 1.19. The fourth-order valence-corrected chi connectivity index (χ4v) is 18.7. The number of aromatic nitrogens is 4. The van der Waals surface area contributed by atoms with Crippen molar-refractivity contribution in [2.45, 2.75) is 79.2 Å². The molecule has 138 valence electrons. The van der Waals surface area contributed by atoms with Gasteiger partial charge in [0.25, 0.3) is 0 Å². The van der Waals surface area contributed by atoms with Crippen molar-refractivity contribution >= 4 is 22.1 Å². The third-order valence-corrected chi connectivity index (χ3v) is 20.2. The first-order valence-electron chi connectivity index (χ1n) is 10.0. The molecule has 0 fully saturated rings. The van der Waals surface area contributed by atoms with Crippen LogP contribution in [-0.2, 0) is 6.54 Å². The molecule has 0 radical (unpaired) electrons. The molecule has 0 bridgehead atoms. The van der Waals surface area contributed by atoms with Gasteiger partial charge in [-0.2, -0.15) is 0 Å². The molecular weight excluding hydrogens is 415 g/mol. The van der Waals surface area contributed by atoms with Gasteiger partial charge in [-0.3, -0.25) is 0 Å². The van der Waals surface area contributed by atoms with Gasteiger partial charge < -0.3 is 0 Å². The van der Waals surface area contributed by atoms with E-state index in [2.05, 4.69) is 43.2 Å². The minimum atomic E-state index is -2.43. The van der Waals surface area contributed by atoms with Gasteiger partial charge in [0, 0.05) is 0 Å². The molecule has 2 heterocycles. The van der Waals surface area contributed by atoms with Crippen LogP contribution in [0.25, 0.3) is 0 Å². The van der Waals surface area contributed by atoms with Crippen molar-refractivity contribution < 1.29 is 0 Å². The zero-order valence-electron chi connectivity index (χ0n) is 16.2.